The predicted octanol–water partition coefficient (Wildman–Crippen LogP) is 5.97. The van der Waals surface area contributed by atoms with E-state index in [-0.39, 0.29) is 20.5 Å². The molecule has 3 aromatic rings. The van der Waals surface area contributed by atoms with Gasteiger partial charge in [0.05, 0.1) is 16.7 Å². The highest BCUT2D eigenvalue weighted by Gasteiger charge is 2.23. The van der Waals surface area contributed by atoms with Crippen LogP contribution in [0.1, 0.15) is 34.6 Å². The molecule has 0 aliphatic rings. The van der Waals surface area contributed by atoms with E-state index in [1.54, 1.807) is 6.07 Å². The molecule has 2 aromatic carbocycles. The van der Waals surface area contributed by atoms with Crippen molar-refractivity contribution in [1.82, 2.24) is 0 Å². The predicted molar refractivity (Wildman–Crippen MR) is 121 cm³/mol. The fourth-order valence-corrected chi connectivity index (χ4v) is 5.23. The average Bonchev–Trinajstić information content (AvgIpc) is 3.11. The molecule has 0 fully saturated rings. The largest absolute Gasteiger partial charge is 0.588 e. The summed E-state index contributed by atoms with van der Waals surface area (Å²) < 4.78 is 15.5. The van der Waals surface area contributed by atoms with Crippen LogP contribution in [0.3, 0.4) is 0 Å². The van der Waals surface area contributed by atoms with Gasteiger partial charge in [0.1, 0.15) is 21.9 Å². The molecule has 1 atom stereocenters. The maximum absolute atomic E-state index is 12.7. The van der Waals surface area contributed by atoms with Crippen molar-refractivity contribution in [3.63, 3.8) is 0 Å². The maximum atomic E-state index is 12.7. The summed E-state index contributed by atoms with van der Waals surface area (Å²) in [5, 5.41) is 18.7. The number of benzene rings is 2. The number of halogens is 1. The zero-order chi connectivity index (χ0) is 21.8. The van der Waals surface area contributed by atoms with Crippen LogP contribution in [0.2, 0.25) is 5.02 Å². The van der Waals surface area contributed by atoms with Crippen LogP contribution < -0.4 is 4.72 Å². The van der Waals surface area contributed by atoms with Crippen LogP contribution in [-0.4, -0.2) is 15.6 Å². The molecule has 0 aliphatic heterocycles. The van der Waals surface area contributed by atoms with Crippen LogP contribution in [0, 0.1) is 17.2 Å². The number of carboxylic acid groups (broad SMARTS) is 1. The van der Waals surface area contributed by atoms with Crippen molar-refractivity contribution in [1.29, 1.82) is 5.26 Å². The lowest BCUT2D eigenvalue weighted by Crippen LogP contribution is -2.15. The lowest BCUT2D eigenvalue weighted by molar-refractivity contribution is 0.0703. The molecule has 0 aliphatic carbocycles. The third kappa shape index (κ3) is 5.15. The summed E-state index contributed by atoms with van der Waals surface area (Å²) in [4.78, 5) is 12.8. The summed E-state index contributed by atoms with van der Waals surface area (Å²) in [6.07, 6.45) is 0.974. The van der Waals surface area contributed by atoms with Gasteiger partial charge in [-0.1, -0.05) is 49.7 Å². The van der Waals surface area contributed by atoms with Crippen LogP contribution in [0.5, 0.6) is 0 Å². The molecule has 1 aromatic heterocycles. The number of rotatable bonds is 7. The number of hydrogen-bond acceptors (Lipinski definition) is 5. The van der Waals surface area contributed by atoms with Gasteiger partial charge in [-0.3, -0.25) is 0 Å². The fourth-order valence-electron chi connectivity index (χ4n) is 2.92. The summed E-state index contributed by atoms with van der Waals surface area (Å²) >= 11 is 5.46. The third-order valence-electron chi connectivity index (χ3n) is 4.27. The van der Waals surface area contributed by atoms with Gasteiger partial charge in [0.2, 0.25) is 0 Å². The van der Waals surface area contributed by atoms with Crippen molar-refractivity contribution < 1.29 is 14.5 Å². The van der Waals surface area contributed by atoms with Crippen LogP contribution in [0.4, 0.5) is 5.69 Å². The van der Waals surface area contributed by atoms with Crippen molar-refractivity contribution in [2.45, 2.75) is 25.2 Å². The Morgan fingerprint density at radius 2 is 1.97 bits per heavy atom. The molecule has 0 amide bonds. The van der Waals surface area contributed by atoms with E-state index in [2.05, 4.69) is 18.6 Å². The molecule has 0 radical (unpaired) electrons. The summed E-state index contributed by atoms with van der Waals surface area (Å²) in [6.45, 7) is 4.31. The molecule has 3 rings (SSSR count). The maximum Gasteiger partial charge on any atom is 0.348 e. The van der Waals surface area contributed by atoms with E-state index in [0.717, 1.165) is 28.2 Å². The van der Waals surface area contributed by atoms with Gasteiger partial charge in [-0.15, -0.1) is 11.3 Å². The first kappa shape index (κ1) is 22.2. The molecular formula is C22H19ClN2O3S2. The zero-order valence-electron chi connectivity index (χ0n) is 16.3. The molecule has 1 heterocycles. The summed E-state index contributed by atoms with van der Waals surface area (Å²) in [6, 6.07) is 16.1. The van der Waals surface area contributed by atoms with Crippen molar-refractivity contribution in [2.24, 2.45) is 5.92 Å². The number of hydrogen-bond donors (Lipinski definition) is 2. The van der Waals surface area contributed by atoms with Gasteiger partial charge in [0, 0.05) is 4.88 Å². The Balaban J connectivity index is 1.88. The molecule has 0 spiro atoms. The van der Waals surface area contributed by atoms with Crippen molar-refractivity contribution in [3.05, 3.63) is 69.6 Å². The Morgan fingerprint density at radius 1 is 1.27 bits per heavy atom. The Labute approximate surface area is 187 Å². The summed E-state index contributed by atoms with van der Waals surface area (Å²) in [5.74, 6) is -0.552. The van der Waals surface area contributed by atoms with Crippen molar-refractivity contribution in [2.75, 3.05) is 4.72 Å². The molecule has 0 saturated heterocycles. The first-order valence-electron chi connectivity index (χ1n) is 9.13. The second-order valence-electron chi connectivity index (χ2n) is 7.08. The Kier molecular flexibility index (Phi) is 7.06. The number of carboxylic acids is 1. The van der Waals surface area contributed by atoms with Gasteiger partial charge in [0.15, 0.2) is 4.90 Å². The lowest BCUT2D eigenvalue weighted by atomic mass is 10.0. The van der Waals surface area contributed by atoms with E-state index >= 15 is 0 Å². The minimum atomic E-state index is -1.78. The highest BCUT2D eigenvalue weighted by atomic mass is 35.5. The van der Waals surface area contributed by atoms with Crippen LogP contribution >= 0.6 is 22.9 Å². The van der Waals surface area contributed by atoms with E-state index < -0.39 is 17.3 Å². The number of nitrogens with one attached hydrogen (secondary N) is 1. The second-order valence-corrected chi connectivity index (χ2v) is 9.72. The molecule has 2 N–H and O–H groups in total. The van der Waals surface area contributed by atoms with E-state index in [1.807, 2.05) is 30.3 Å². The minimum Gasteiger partial charge on any atom is -0.588 e. The number of anilines is 1. The number of aromatic carboxylic acids is 1. The van der Waals surface area contributed by atoms with Gasteiger partial charge in [0.25, 0.3) is 0 Å². The van der Waals surface area contributed by atoms with Crippen molar-refractivity contribution >= 4 is 46.0 Å². The summed E-state index contributed by atoms with van der Waals surface area (Å²) in [5.41, 5.74) is 2.72. The monoisotopic (exact) mass is 458 g/mol. The van der Waals surface area contributed by atoms with Crippen LogP contribution in [0.15, 0.2) is 53.4 Å². The molecule has 30 heavy (non-hydrogen) atoms. The first-order chi connectivity index (χ1) is 14.3. The van der Waals surface area contributed by atoms with Gasteiger partial charge in [-0.2, -0.15) is 5.26 Å². The number of thiophene rings is 1. The van der Waals surface area contributed by atoms with E-state index in [4.69, 9.17) is 16.9 Å². The fraction of sp³-hybridized carbons (Fsp3) is 0.182. The molecular weight excluding hydrogens is 440 g/mol. The van der Waals surface area contributed by atoms with Gasteiger partial charge >= 0.3 is 5.97 Å². The first-order valence-corrected chi connectivity index (χ1v) is 11.5. The quantitative estimate of drug-likeness (QED) is 0.425. The number of nitriles is 1. The Morgan fingerprint density at radius 3 is 2.53 bits per heavy atom. The topological polar surface area (TPSA) is 96.2 Å². The number of nitrogens with zero attached hydrogens (tertiary/aromatic N) is 1. The molecule has 8 heteroatoms. The Bertz CT molecular complexity index is 1100. The SMILES string of the molecule is CC(C)Cc1ccc(-c2cc(N[S+]([O-])c3ccc(C#N)cc3Cl)c(C(=O)O)s2)cc1. The highest BCUT2D eigenvalue weighted by Crippen LogP contribution is 2.36. The molecule has 5 nitrogen and oxygen atoms in total. The van der Waals surface area contributed by atoms with Crippen LogP contribution in [0.25, 0.3) is 10.4 Å². The van der Waals surface area contributed by atoms with Gasteiger partial charge in [-0.05, 0) is 47.7 Å². The molecule has 0 saturated carbocycles. The van der Waals surface area contributed by atoms with Gasteiger partial charge < -0.3 is 9.66 Å². The van der Waals surface area contributed by atoms with Crippen LogP contribution in [-0.2, 0) is 17.8 Å². The smallest absolute Gasteiger partial charge is 0.348 e. The third-order valence-corrected chi connectivity index (χ3v) is 7.03. The zero-order valence-corrected chi connectivity index (χ0v) is 18.7. The summed E-state index contributed by atoms with van der Waals surface area (Å²) in [7, 11) is 0. The average molecular weight is 459 g/mol. The molecule has 1 unspecified atom stereocenters. The van der Waals surface area contributed by atoms with E-state index in [0.29, 0.717) is 11.5 Å². The molecule has 154 valence electrons. The normalized spacial score (nSPS) is 11.9. The second kappa shape index (κ2) is 9.54. The lowest BCUT2D eigenvalue weighted by Gasteiger charge is -2.12. The van der Waals surface area contributed by atoms with E-state index in [9.17, 15) is 14.5 Å². The minimum absolute atomic E-state index is 0.0642. The molecule has 0 bridgehead atoms. The number of carbonyl (C=O) groups is 1. The highest BCUT2D eigenvalue weighted by molar-refractivity contribution is 7.92. The van der Waals surface area contributed by atoms with Crippen molar-refractivity contribution in [3.8, 4) is 16.5 Å². The standard InChI is InChI=1S/C22H19ClN2O3S2/c1-13(2)9-14-3-6-16(7-4-14)19-11-18(21(29-19)22(26)27)25-30(28)20-8-5-15(12-24)10-17(20)23/h3-8,10-11,13,25H,9H2,1-2H3,(H,26,27). The Hall–Kier alpha value is -2.50. The van der Waals surface area contributed by atoms with Gasteiger partial charge in [-0.25, -0.2) is 9.52 Å². The van der Waals surface area contributed by atoms with E-state index in [1.165, 1.54) is 23.8 Å².